The number of hydrogen-bond acceptors (Lipinski definition) is 1. The summed E-state index contributed by atoms with van der Waals surface area (Å²) < 4.78 is 0. The summed E-state index contributed by atoms with van der Waals surface area (Å²) >= 11 is 0. The average Bonchev–Trinajstić information content (AvgIpc) is 2.42. The van der Waals surface area contributed by atoms with Crippen LogP contribution >= 0.6 is 0 Å². The van der Waals surface area contributed by atoms with Crippen molar-refractivity contribution >= 4 is 5.57 Å². The Morgan fingerprint density at radius 2 is 1.86 bits per heavy atom. The molecule has 0 aromatic heterocycles. The van der Waals surface area contributed by atoms with Crippen LogP contribution in [0.2, 0.25) is 0 Å². The second kappa shape index (κ2) is 7.45. The van der Waals surface area contributed by atoms with Gasteiger partial charge in [0.15, 0.2) is 0 Å². The average molecular weight is 277 g/mol. The molecule has 0 bridgehead atoms. The van der Waals surface area contributed by atoms with E-state index in [9.17, 15) is 0 Å². The molecule has 0 atom stereocenters. The van der Waals surface area contributed by atoms with Gasteiger partial charge in [0.25, 0.3) is 0 Å². The van der Waals surface area contributed by atoms with E-state index in [1.54, 1.807) is 6.08 Å². The van der Waals surface area contributed by atoms with Gasteiger partial charge in [-0.1, -0.05) is 54.1 Å². The van der Waals surface area contributed by atoms with Crippen molar-refractivity contribution in [2.75, 3.05) is 0 Å². The molecular formula is C20H23N. The first kappa shape index (κ1) is 16.7. The number of allylic oxidation sites excluding steroid dienone is 7. The van der Waals surface area contributed by atoms with Crippen molar-refractivity contribution in [1.29, 1.82) is 5.26 Å². The molecule has 0 radical (unpaired) electrons. The molecule has 1 nitrogen and oxygen atoms in total. The number of benzene rings is 1. The third-order valence-corrected chi connectivity index (χ3v) is 3.42. The molecular weight excluding hydrogens is 254 g/mol. The molecule has 0 heterocycles. The van der Waals surface area contributed by atoms with Gasteiger partial charge in [0, 0.05) is 0 Å². The Morgan fingerprint density at radius 1 is 1.19 bits per heavy atom. The minimum absolute atomic E-state index is 0.611. The van der Waals surface area contributed by atoms with Crippen LogP contribution in [0.4, 0.5) is 0 Å². The highest BCUT2D eigenvalue weighted by Crippen LogP contribution is 2.25. The molecule has 0 aliphatic carbocycles. The minimum atomic E-state index is 0.611. The summed E-state index contributed by atoms with van der Waals surface area (Å²) in [4.78, 5) is 0. The summed E-state index contributed by atoms with van der Waals surface area (Å²) in [6.07, 6.45) is 5.75. The zero-order valence-corrected chi connectivity index (χ0v) is 13.6. The Morgan fingerprint density at radius 3 is 2.33 bits per heavy atom. The van der Waals surface area contributed by atoms with E-state index in [0.29, 0.717) is 5.57 Å². The standard InChI is InChI=1S/C20H23N/c1-7-18(13-21)16(5)9-11-19(14(2)3)20-10-8-15(4)12-17(20)6/h7-12H,5H2,1-4,6H3/b11-9-,18-7+. The van der Waals surface area contributed by atoms with Crippen LogP contribution in [0.3, 0.4) is 0 Å². The van der Waals surface area contributed by atoms with E-state index in [-0.39, 0.29) is 0 Å². The van der Waals surface area contributed by atoms with Crippen molar-refractivity contribution in [1.82, 2.24) is 0 Å². The van der Waals surface area contributed by atoms with Crippen molar-refractivity contribution in [3.05, 3.63) is 76.4 Å². The van der Waals surface area contributed by atoms with E-state index in [1.165, 1.54) is 27.8 Å². The smallest absolute Gasteiger partial charge is 0.0994 e. The molecule has 108 valence electrons. The molecule has 1 aromatic rings. The third kappa shape index (κ3) is 4.33. The first-order valence-corrected chi connectivity index (χ1v) is 7.09. The number of nitriles is 1. The maximum atomic E-state index is 9.04. The van der Waals surface area contributed by atoms with Gasteiger partial charge < -0.3 is 0 Å². The van der Waals surface area contributed by atoms with Crippen LogP contribution in [0.1, 0.15) is 37.5 Å². The quantitative estimate of drug-likeness (QED) is 0.513. The SMILES string of the molecule is C=C(/C=C\C(=C(C)C)c1ccc(C)cc1C)/C(C#N)=C/C. The molecule has 21 heavy (non-hydrogen) atoms. The van der Waals surface area contributed by atoms with Gasteiger partial charge >= 0.3 is 0 Å². The van der Waals surface area contributed by atoms with Gasteiger partial charge in [-0.15, -0.1) is 0 Å². The van der Waals surface area contributed by atoms with E-state index in [1.807, 2.05) is 13.0 Å². The molecule has 0 N–H and O–H groups in total. The summed E-state index contributed by atoms with van der Waals surface area (Å²) in [5.74, 6) is 0. The number of hydrogen-bond donors (Lipinski definition) is 0. The Labute approximate surface area is 128 Å². The van der Waals surface area contributed by atoms with Gasteiger partial charge in [0.1, 0.15) is 0 Å². The highest BCUT2D eigenvalue weighted by Gasteiger charge is 2.05. The first-order chi connectivity index (χ1) is 9.90. The maximum absolute atomic E-state index is 9.04. The Balaban J connectivity index is 3.21. The highest BCUT2D eigenvalue weighted by atomic mass is 14.2. The van der Waals surface area contributed by atoms with Crippen LogP contribution in [0, 0.1) is 25.2 Å². The molecule has 0 spiro atoms. The predicted octanol–water partition coefficient (Wildman–Crippen LogP) is 5.68. The molecule has 0 fully saturated rings. The zero-order valence-electron chi connectivity index (χ0n) is 13.6. The highest BCUT2D eigenvalue weighted by molar-refractivity contribution is 5.79. The lowest BCUT2D eigenvalue weighted by atomic mass is 9.94. The maximum Gasteiger partial charge on any atom is 0.0994 e. The van der Waals surface area contributed by atoms with E-state index in [2.05, 4.69) is 64.6 Å². The molecule has 0 saturated heterocycles. The molecule has 0 saturated carbocycles. The first-order valence-electron chi connectivity index (χ1n) is 7.09. The second-order valence-corrected chi connectivity index (χ2v) is 5.40. The van der Waals surface area contributed by atoms with Crippen LogP contribution in [0.15, 0.2) is 59.7 Å². The normalized spacial score (nSPS) is 11.3. The Kier molecular flexibility index (Phi) is 5.93. The van der Waals surface area contributed by atoms with Gasteiger partial charge in [-0.2, -0.15) is 5.26 Å². The lowest BCUT2D eigenvalue weighted by Crippen LogP contribution is -1.91. The second-order valence-electron chi connectivity index (χ2n) is 5.40. The fourth-order valence-electron chi connectivity index (χ4n) is 2.24. The fraction of sp³-hybridized carbons (Fsp3) is 0.250. The molecule has 0 aliphatic rings. The molecule has 1 rings (SSSR count). The van der Waals surface area contributed by atoms with Crippen LogP contribution in [0.25, 0.3) is 5.57 Å². The molecule has 0 amide bonds. The van der Waals surface area contributed by atoms with E-state index < -0.39 is 0 Å². The number of aryl methyl sites for hydroxylation is 2. The summed E-state index contributed by atoms with van der Waals surface area (Å²) in [7, 11) is 0. The zero-order chi connectivity index (χ0) is 16.0. The molecule has 0 aliphatic heterocycles. The van der Waals surface area contributed by atoms with Gasteiger partial charge in [0.2, 0.25) is 0 Å². The number of nitrogens with zero attached hydrogens (tertiary/aromatic N) is 1. The summed E-state index contributed by atoms with van der Waals surface area (Å²) in [6.45, 7) is 14.2. The molecule has 1 aromatic carbocycles. The fourth-order valence-corrected chi connectivity index (χ4v) is 2.24. The minimum Gasteiger partial charge on any atom is -0.192 e. The van der Waals surface area contributed by atoms with Gasteiger partial charge in [-0.05, 0) is 56.9 Å². The van der Waals surface area contributed by atoms with Crippen molar-refractivity contribution in [2.24, 2.45) is 0 Å². The summed E-state index contributed by atoms with van der Waals surface area (Å²) in [6, 6.07) is 8.62. The van der Waals surface area contributed by atoms with Crippen molar-refractivity contribution in [2.45, 2.75) is 34.6 Å². The molecule has 1 heteroatoms. The van der Waals surface area contributed by atoms with Crippen molar-refractivity contribution in [3.8, 4) is 6.07 Å². The van der Waals surface area contributed by atoms with Crippen molar-refractivity contribution < 1.29 is 0 Å². The van der Waals surface area contributed by atoms with Gasteiger partial charge in [0.05, 0.1) is 11.6 Å². The Hall–Kier alpha value is -2.33. The van der Waals surface area contributed by atoms with Crippen molar-refractivity contribution in [3.63, 3.8) is 0 Å². The van der Waals surface area contributed by atoms with Crippen LogP contribution in [-0.2, 0) is 0 Å². The van der Waals surface area contributed by atoms with Gasteiger partial charge in [-0.25, -0.2) is 0 Å². The van der Waals surface area contributed by atoms with E-state index in [4.69, 9.17) is 5.26 Å². The van der Waals surface area contributed by atoms with E-state index in [0.717, 1.165) is 5.57 Å². The Bertz CT molecular complexity index is 672. The molecule has 0 unspecified atom stereocenters. The predicted molar refractivity (Wildman–Crippen MR) is 91.8 cm³/mol. The van der Waals surface area contributed by atoms with Gasteiger partial charge in [-0.3, -0.25) is 0 Å². The van der Waals surface area contributed by atoms with E-state index >= 15 is 0 Å². The van der Waals surface area contributed by atoms with Crippen LogP contribution in [-0.4, -0.2) is 0 Å². The monoisotopic (exact) mass is 277 g/mol. The van der Waals surface area contributed by atoms with Crippen LogP contribution in [0.5, 0.6) is 0 Å². The largest absolute Gasteiger partial charge is 0.192 e. The number of rotatable bonds is 4. The topological polar surface area (TPSA) is 23.8 Å². The lowest BCUT2D eigenvalue weighted by molar-refractivity contribution is 1.33. The lowest BCUT2D eigenvalue weighted by Gasteiger charge is -2.10. The van der Waals surface area contributed by atoms with Crippen LogP contribution < -0.4 is 0 Å². The third-order valence-electron chi connectivity index (χ3n) is 3.42. The summed E-state index contributed by atoms with van der Waals surface area (Å²) in [5.41, 5.74) is 7.52. The summed E-state index contributed by atoms with van der Waals surface area (Å²) in [5, 5.41) is 9.04.